The van der Waals surface area contributed by atoms with E-state index in [2.05, 4.69) is 26.1 Å². The van der Waals surface area contributed by atoms with Gasteiger partial charge >= 0.3 is 0 Å². The number of nitrogens with two attached hydrogens (primary N) is 1. The summed E-state index contributed by atoms with van der Waals surface area (Å²) in [5, 5.41) is 3.34. The number of carbonyl (C=O) groups is 1. The molecule has 0 aliphatic heterocycles. The van der Waals surface area contributed by atoms with Crippen molar-refractivity contribution in [1.82, 2.24) is 5.32 Å². The maximum atomic E-state index is 12.3. The van der Waals surface area contributed by atoms with Crippen LogP contribution in [-0.2, 0) is 0 Å². The molecule has 3 heteroatoms. The first-order chi connectivity index (χ1) is 7.83. The lowest BCUT2D eigenvalue weighted by atomic mass is 9.98. The third-order valence-corrected chi connectivity index (χ3v) is 2.53. The number of carbonyl (C=O) groups excluding carboxylic acids is 1. The molecule has 0 bridgehead atoms. The zero-order valence-electron chi connectivity index (χ0n) is 11.1. The zero-order chi connectivity index (χ0) is 13.1. The van der Waals surface area contributed by atoms with Gasteiger partial charge in [-0.25, -0.2) is 0 Å². The van der Waals surface area contributed by atoms with Crippen molar-refractivity contribution in [1.29, 1.82) is 0 Å². The van der Waals surface area contributed by atoms with Gasteiger partial charge in [0.15, 0.2) is 5.78 Å². The molecule has 17 heavy (non-hydrogen) atoms. The summed E-state index contributed by atoms with van der Waals surface area (Å²) in [6.07, 6.45) is 0.778. The number of ketones is 1. The second-order valence-electron chi connectivity index (χ2n) is 5.34. The zero-order valence-corrected chi connectivity index (χ0v) is 11.1. The highest BCUT2D eigenvalue weighted by molar-refractivity contribution is 6.00. The van der Waals surface area contributed by atoms with Crippen molar-refractivity contribution in [2.24, 2.45) is 0 Å². The fourth-order valence-electron chi connectivity index (χ4n) is 1.72. The second kappa shape index (κ2) is 5.32. The number of rotatable bonds is 4. The van der Waals surface area contributed by atoms with Crippen molar-refractivity contribution in [2.45, 2.75) is 45.7 Å². The molecule has 1 unspecified atom stereocenters. The van der Waals surface area contributed by atoms with Gasteiger partial charge in [-0.1, -0.05) is 6.92 Å². The third kappa shape index (κ3) is 4.19. The summed E-state index contributed by atoms with van der Waals surface area (Å²) in [4.78, 5) is 12.3. The number of hydrogen-bond acceptors (Lipinski definition) is 3. The molecule has 0 amide bonds. The minimum atomic E-state index is -0.140. The summed E-state index contributed by atoms with van der Waals surface area (Å²) in [5.74, 6) is 0.127. The minimum absolute atomic E-state index is 0.0653. The van der Waals surface area contributed by atoms with Gasteiger partial charge in [0.05, 0.1) is 6.04 Å². The van der Waals surface area contributed by atoms with Crippen LogP contribution < -0.4 is 11.1 Å². The number of benzene rings is 1. The average Bonchev–Trinajstić information content (AvgIpc) is 2.25. The van der Waals surface area contributed by atoms with Gasteiger partial charge in [0, 0.05) is 16.8 Å². The van der Waals surface area contributed by atoms with Crippen LogP contribution in [0.15, 0.2) is 24.3 Å². The molecule has 1 atom stereocenters. The summed E-state index contributed by atoms with van der Waals surface area (Å²) in [6.45, 7) is 8.20. The lowest BCUT2D eigenvalue weighted by Gasteiger charge is -2.27. The SMILES string of the molecule is CCC(NC(C)(C)C)C(=O)c1ccc(N)cc1. The van der Waals surface area contributed by atoms with Crippen molar-refractivity contribution < 1.29 is 4.79 Å². The fourth-order valence-corrected chi connectivity index (χ4v) is 1.72. The topological polar surface area (TPSA) is 55.1 Å². The number of Topliss-reactive ketones (excluding diaryl/α,β-unsaturated/α-hetero) is 1. The van der Waals surface area contributed by atoms with E-state index in [4.69, 9.17) is 5.73 Å². The first-order valence-corrected chi connectivity index (χ1v) is 6.01. The molecule has 0 aromatic heterocycles. The number of nitrogens with one attached hydrogen (secondary N) is 1. The van der Waals surface area contributed by atoms with Crippen LogP contribution in [-0.4, -0.2) is 17.4 Å². The molecule has 0 saturated heterocycles. The molecule has 3 nitrogen and oxygen atoms in total. The molecule has 1 rings (SSSR count). The Morgan fingerprint density at radius 1 is 1.29 bits per heavy atom. The quantitative estimate of drug-likeness (QED) is 0.622. The van der Waals surface area contributed by atoms with E-state index >= 15 is 0 Å². The number of anilines is 1. The van der Waals surface area contributed by atoms with E-state index in [0.717, 1.165) is 6.42 Å². The summed E-state index contributed by atoms with van der Waals surface area (Å²) >= 11 is 0. The molecule has 1 aromatic carbocycles. The molecule has 0 radical (unpaired) electrons. The summed E-state index contributed by atoms with van der Waals surface area (Å²) in [6, 6.07) is 6.95. The van der Waals surface area contributed by atoms with Crippen LogP contribution in [0.5, 0.6) is 0 Å². The van der Waals surface area contributed by atoms with Gasteiger partial charge in [0.1, 0.15) is 0 Å². The van der Waals surface area contributed by atoms with E-state index in [0.29, 0.717) is 11.3 Å². The van der Waals surface area contributed by atoms with Gasteiger partial charge in [-0.05, 0) is 51.5 Å². The van der Waals surface area contributed by atoms with Gasteiger partial charge in [-0.15, -0.1) is 0 Å². The number of nitrogen functional groups attached to an aromatic ring is 1. The summed E-state index contributed by atoms with van der Waals surface area (Å²) in [7, 11) is 0. The van der Waals surface area contributed by atoms with Gasteiger partial charge in [-0.3, -0.25) is 4.79 Å². The summed E-state index contributed by atoms with van der Waals surface area (Å²) in [5.41, 5.74) is 6.93. The first-order valence-electron chi connectivity index (χ1n) is 6.01. The van der Waals surface area contributed by atoms with E-state index in [1.54, 1.807) is 24.3 Å². The fraction of sp³-hybridized carbons (Fsp3) is 0.500. The monoisotopic (exact) mass is 234 g/mol. The normalized spacial score (nSPS) is 13.4. The number of hydrogen-bond donors (Lipinski definition) is 2. The Kier molecular flexibility index (Phi) is 4.29. The molecule has 0 aliphatic carbocycles. The summed E-state index contributed by atoms with van der Waals surface area (Å²) < 4.78 is 0. The molecule has 0 aliphatic rings. The average molecular weight is 234 g/mol. The maximum absolute atomic E-state index is 12.3. The highest BCUT2D eigenvalue weighted by Crippen LogP contribution is 2.12. The Morgan fingerprint density at radius 3 is 2.24 bits per heavy atom. The lowest BCUT2D eigenvalue weighted by Crippen LogP contribution is -2.47. The van der Waals surface area contributed by atoms with Crippen molar-refractivity contribution in [3.63, 3.8) is 0 Å². The standard InChI is InChI=1S/C14H22N2O/c1-5-12(16-14(2,3)4)13(17)10-6-8-11(15)9-7-10/h6-9,12,16H,5,15H2,1-4H3. The van der Waals surface area contributed by atoms with Gasteiger partial charge in [-0.2, -0.15) is 0 Å². The first kappa shape index (κ1) is 13.7. The Bertz CT molecular complexity index is 376. The van der Waals surface area contributed by atoms with Crippen LogP contribution in [0, 0.1) is 0 Å². The second-order valence-corrected chi connectivity index (χ2v) is 5.34. The van der Waals surface area contributed by atoms with E-state index < -0.39 is 0 Å². The third-order valence-electron chi connectivity index (χ3n) is 2.53. The van der Waals surface area contributed by atoms with Gasteiger partial charge in [0.25, 0.3) is 0 Å². The van der Waals surface area contributed by atoms with Crippen molar-refractivity contribution >= 4 is 11.5 Å². The van der Waals surface area contributed by atoms with Crippen LogP contribution in [0.1, 0.15) is 44.5 Å². The predicted octanol–water partition coefficient (Wildman–Crippen LogP) is 2.62. The van der Waals surface area contributed by atoms with E-state index in [9.17, 15) is 4.79 Å². The van der Waals surface area contributed by atoms with Crippen LogP contribution >= 0.6 is 0 Å². The van der Waals surface area contributed by atoms with Crippen LogP contribution in [0.3, 0.4) is 0 Å². The predicted molar refractivity (Wildman–Crippen MR) is 72.2 cm³/mol. The van der Waals surface area contributed by atoms with Crippen molar-refractivity contribution in [2.75, 3.05) is 5.73 Å². The molecule has 0 heterocycles. The molecule has 1 aromatic rings. The molecule has 94 valence electrons. The Hall–Kier alpha value is -1.35. The van der Waals surface area contributed by atoms with Crippen molar-refractivity contribution in [3.05, 3.63) is 29.8 Å². The van der Waals surface area contributed by atoms with Crippen LogP contribution in [0.25, 0.3) is 0 Å². The largest absolute Gasteiger partial charge is 0.399 e. The molecule has 0 fully saturated rings. The Balaban J connectivity index is 2.83. The highest BCUT2D eigenvalue weighted by atomic mass is 16.1. The van der Waals surface area contributed by atoms with Crippen LogP contribution in [0.4, 0.5) is 5.69 Å². The van der Waals surface area contributed by atoms with E-state index in [1.807, 2.05) is 6.92 Å². The lowest BCUT2D eigenvalue weighted by molar-refractivity contribution is 0.0923. The van der Waals surface area contributed by atoms with E-state index in [-0.39, 0.29) is 17.4 Å². The smallest absolute Gasteiger partial charge is 0.179 e. The van der Waals surface area contributed by atoms with E-state index in [1.165, 1.54) is 0 Å². The molecular weight excluding hydrogens is 212 g/mol. The minimum Gasteiger partial charge on any atom is -0.399 e. The maximum Gasteiger partial charge on any atom is 0.179 e. The Labute approximate surface area is 103 Å². The molecule has 0 saturated carbocycles. The molecular formula is C14H22N2O. The van der Waals surface area contributed by atoms with Gasteiger partial charge < -0.3 is 11.1 Å². The van der Waals surface area contributed by atoms with Crippen LogP contribution in [0.2, 0.25) is 0 Å². The molecule has 0 spiro atoms. The van der Waals surface area contributed by atoms with Gasteiger partial charge in [0.2, 0.25) is 0 Å². The molecule has 3 N–H and O–H groups in total. The Morgan fingerprint density at radius 2 is 1.82 bits per heavy atom. The highest BCUT2D eigenvalue weighted by Gasteiger charge is 2.22. The van der Waals surface area contributed by atoms with Crippen molar-refractivity contribution in [3.8, 4) is 0 Å².